The summed E-state index contributed by atoms with van der Waals surface area (Å²) in [6, 6.07) is 0. The zero-order valence-corrected chi connectivity index (χ0v) is 6.75. The van der Waals surface area contributed by atoms with Gasteiger partial charge in [-0.1, -0.05) is 0 Å². The summed E-state index contributed by atoms with van der Waals surface area (Å²) >= 11 is 0. The van der Waals surface area contributed by atoms with Gasteiger partial charge in [-0.3, -0.25) is 4.79 Å². The highest BCUT2D eigenvalue weighted by Gasteiger charge is 2.29. The third-order valence-corrected chi connectivity index (χ3v) is 2.29. The molecule has 0 radical (unpaired) electrons. The molecular formula is C8H14O3. The molecule has 1 saturated carbocycles. The average Bonchev–Trinajstić information content (AvgIpc) is 2.37. The van der Waals surface area contributed by atoms with Crippen molar-refractivity contribution in [1.29, 1.82) is 0 Å². The van der Waals surface area contributed by atoms with Crippen LogP contribution in [0.3, 0.4) is 0 Å². The lowest BCUT2D eigenvalue weighted by atomic mass is 10.1. The van der Waals surface area contributed by atoms with Crippen LogP contribution < -0.4 is 0 Å². The maximum Gasteiger partial charge on any atom is 0.306 e. The number of methoxy groups -OCH3 is 1. The zero-order valence-electron chi connectivity index (χ0n) is 6.75. The van der Waals surface area contributed by atoms with Gasteiger partial charge in [0, 0.05) is 13.7 Å². The van der Waals surface area contributed by atoms with Gasteiger partial charge in [-0.25, -0.2) is 0 Å². The SMILES string of the molecule is COCC1CCC(C(=O)O)C1. The van der Waals surface area contributed by atoms with Crippen molar-refractivity contribution in [3.05, 3.63) is 0 Å². The Morgan fingerprint density at radius 2 is 2.36 bits per heavy atom. The molecule has 0 aliphatic heterocycles. The Balaban J connectivity index is 2.29. The Bertz CT molecular complexity index is 144. The minimum atomic E-state index is -0.649. The first-order valence-electron chi connectivity index (χ1n) is 3.95. The van der Waals surface area contributed by atoms with Crippen LogP contribution in [0.25, 0.3) is 0 Å². The molecule has 1 fully saturated rings. The van der Waals surface area contributed by atoms with Crippen LogP contribution in [0, 0.1) is 11.8 Å². The second-order valence-corrected chi connectivity index (χ2v) is 3.17. The molecule has 1 aliphatic rings. The summed E-state index contributed by atoms with van der Waals surface area (Å²) in [7, 11) is 1.66. The van der Waals surface area contributed by atoms with E-state index in [0.717, 1.165) is 19.3 Å². The maximum atomic E-state index is 10.5. The number of hydrogen-bond acceptors (Lipinski definition) is 2. The van der Waals surface area contributed by atoms with Gasteiger partial charge in [0.1, 0.15) is 0 Å². The number of hydrogen-bond donors (Lipinski definition) is 1. The highest BCUT2D eigenvalue weighted by atomic mass is 16.5. The lowest BCUT2D eigenvalue weighted by Gasteiger charge is -2.06. The Morgan fingerprint density at radius 1 is 1.64 bits per heavy atom. The minimum Gasteiger partial charge on any atom is -0.481 e. The van der Waals surface area contributed by atoms with Crippen LogP contribution in [0.1, 0.15) is 19.3 Å². The van der Waals surface area contributed by atoms with Crippen molar-refractivity contribution >= 4 is 5.97 Å². The number of ether oxygens (including phenoxy) is 1. The summed E-state index contributed by atoms with van der Waals surface area (Å²) in [6.45, 7) is 0.712. The lowest BCUT2D eigenvalue weighted by molar-refractivity contribution is -0.141. The molecule has 0 heterocycles. The fourth-order valence-corrected chi connectivity index (χ4v) is 1.69. The average molecular weight is 158 g/mol. The molecule has 2 atom stereocenters. The van der Waals surface area contributed by atoms with Crippen LogP contribution in [0.5, 0.6) is 0 Å². The van der Waals surface area contributed by atoms with Gasteiger partial charge in [0.15, 0.2) is 0 Å². The number of carbonyl (C=O) groups is 1. The largest absolute Gasteiger partial charge is 0.481 e. The Kier molecular flexibility index (Phi) is 2.88. The van der Waals surface area contributed by atoms with Crippen molar-refractivity contribution in [3.8, 4) is 0 Å². The van der Waals surface area contributed by atoms with E-state index in [-0.39, 0.29) is 5.92 Å². The molecule has 0 spiro atoms. The molecule has 11 heavy (non-hydrogen) atoms. The molecule has 2 unspecified atom stereocenters. The summed E-state index contributed by atoms with van der Waals surface area (Å²) in [4.78, 5) is 10.5. The van der Waals surface area contributed by atoms with E-state index in [1.165, 1.54) is 0 Å². The van der Waals surface area contributed by atoms with Gasteiger partial charge in [-0.15, -0.1) is 0 Å². The molecule has 0 aromatic carbocycles. The molecule has 3 nitrogen and oxygen atoms in total. The summed E-state index contributed by atoms with van der Waals surface area (Å²) in [6.07, 6.45) is 2.62. The summed E-state index contributed by atoms with van der Waals surface area (Å²) in [5.74, 6) is -0.292. The van der Waals surface area contributed by atoms with Crippen molar-refractivity contribution < 1.29 is 14.6 Å². The van der Waals surface area contributed by atoms with Crippen LogP contribution in [0.15, 0.2) is 0 Å². The number of aliphatic carboxylic acids is 1. The van der Waals surface area contributed by atoms with Crippen molar-refractivity contribution in [1.82, 2.24) is 0 Å². The van der Waals surface area contributed by atoms with Gasteiger partial charge in [-0.05, 0) is 25.2 Å². The third-order valence-electron chi connectivity index (χ3n) is 2.29. The molecule has 64 valence electrons. The van der Waals surface area contributed by atoms with Crippen molar-refractivity contribution in [3.63, 3.8) is 0 Å². The summed E-state index contributed by atoms with van der Waals surface area (Å²) in [5.41, 5.74) is 0. The Morgan fingerprint density at radius 3 is 2.82 bits per heavy atom. The lowest BCUT2D eigenvalue weighted by Crippen LogP contribution is -2.11. The first-order chi connectivity index (χ1) is 5.24. The molecule has 0 aromatic rings. The molecule has 0 bridgehead atoms. The maximum absolute atomic E-state index is 10.5. The molecule has 1 N–H and O–H groups in total. The van der Waals surface area contributed by atoms with E-state index >= 15 is 0 Å². The van der Waals surface area contributed by atoms with E-state index < -0.39 is 5.97 Å². The van der Waals surface area contributed by atoms with Crippen molar-refractivity contribution in [2.45, 2.75) is 19.3 Å². The van der Waals surface area contributed by atoms with Gasteiger partial charge >= 0.3 is 5.97 Å². The zero-order chi connectivity index (χ0) is 8.27. The molecule has 3 heteroatoms. The third kappa shape index (κ3) is 2.19. The summed E-state index contributed by atoms with van der Waals surface area (Å²) < 4.78 is 4.96. The van der Waals surface area contributed by atoms with Crippen LogP contribution >= 0.6 is 0 Å². The second-order valence-electron chi connectivity index (χ2n) is 3.17. The van der Waals surface area contributed by atoms with Crippen LogP contribution in [0.4, 0.5) is 0 Å². The standard InChI is InChI=1S/C8H14O3/c1-11-5-6-2-3-7(4-6)8(9)10/h6-7H,2-5H2,1H3,(H,9,10). The summed E-state index contributed by atoms with van der Waals surface area (Å²) in [5, 5.41) is 8.66. The fourth-order valence-electron chi connectivity index (χ4n) is 1.69. The Hall–Kier alpha value is -0.570. The molecule has 0 aromatic heterocycles. The van der Waals surface area contributed by atoms with Gasteiger partial charge in [0.25, 0.3) is 0 Å². The van der Waals surface area contributed by atoms with Crippen LogP contribution in [0.2, 0.25) is 0 Å². The van der Waals surface area contributed by atoms with E-state index in [1.807, 2.05) is 0 Å². The second kappa shape index (κ2) is 3.72. The highest BCUT2D eigenvalue weighted by molar-refractivity contribution is 5.70. The van der Waals surface area contributed by atoms with Gasteiger partial charge < -0.3 is 9.84 Å². The molecular weight excluding hydrogens is 144 g/mol. The normalized spacial score (nSPS) is 30.6. The number of carboxylic acid groups (broad SMARTS) is 1. The van der Waals surface area contributed by atoms with E-state index in [4.69, 9.17) is 9.84 Å². The minimum absolute atomic E-state index is 0.116. The number of rotatable bonds is 3. The van der Waals surface area contributed by atoms with Gasteiger partial charge in [0.2, 0.25) is 0 Å². The molecule has 1 aliphatic carbocycles. The van der Waals surface area contributed by atoms with Crippen molar-refractivity contribution in [2.24, 2.45) is 11.8 Å². The van der Waals surface area contributed by atoms with Gasteiger partial charge in [0.05, 0.1) is 5.92 Å². The number of carboxylic acids is 1. The van der Waals surface area contributed by atoms with E-state index in [1.54, 1.807) is 7.11 Å². The van der Waals surface area contributed by atoms with E-state index in [9.17, 15) is 4.79 Å². The topological polar surface area (TPSA) is 46.5 Å². The van der Waals surface area contributed by atoms with Crippen LogP contribution in [-0.4, -0.2) is 24.8 Å². The Labute approximate surface area is 66.4 Å². The van der Waals surface area contributed by atoms with E-state index in [0.29, 0.717) is 12.5 Å². The van der Waals surface area contributed by atoms with Crippen LogP contribution in [-0.2, 0) is 9.53 Å². The first-order valence-corrected chi connectivity index (χ1v) is 3.95. The monoisotopic (exact) mass is 158 g/mol. The van der Waals surface area contributed by atoms with Gasteiger partial charge in [-0.2, -0.15) is 0 Å². The molecule has 0 amide bonds. The predicted octanol–water partition coefficient (Wildman–Crippen LogP) is 1.13. The fraction of sp³-hybridized carbons (Fsp3) is 0.875. The molecule has 0 saturated heterocycles. The van der Waals surface area contributed by atoms with Crippen molar-refractivity contribution in [2.75, 3.05) is 13.7 Å². The van der Waals surface area contributed by atoms with E-state index in [2.05, 4.69) is 0 Å². The first kappa shape index (κ1) is 8.53. The molecule has 1 rings (SSSR count). The smallest absolute Gasteiger partial charge is 0.306 e. The quantitative estimate of drug-likeness (QED) is 0.669. The predicted molar refractivity (Wildman–Crippen MR) is 40.3 cm³/mol. The highest BCUT2D eigenvalue weighted by Crippen LogP contribution is 2.30.